The third kappa shape index (κ3) is 3.11. The van der Waals surface area contributed by atoms with E-state index in [1.807, 2.05) is 16.8 Å². The molecule has 0 unspecified atom stereocenters. The maximum absolute atomic E-state index is 12.0. The quantitative estimate of drug-likeness (QED) is 0.835. The summed E-state index contributed by atoms with van der Waals surface area (Å²) in [6.07, 6.45) is 0. The first-order valence-electron chi connectivity index (χ1n) is 5.05. The van der Waals surface area contributed by atoms with Gasteiger partial charge in [-0.3, -0.25) is 0 Å². The lowest BCUT2D eigenvalue weighted by molar-refractivity contribution is 0.581. The van der Waals surface area contributed by atoms with Crippen LogP contribution in [-0.4, -0.2) is 8.42 Å². The molecule has 2 aromatic rings. The van der Waals surface area contributed by atoms with Crippen molar-refractivity contribution in [3.8, 4) is 0 Å². The van der Waals surface area contributed by atoms with E-state index in [1.165, 1.54) is 23.5 Å². The summed E-state index contributed by atoms with van der Waals surface area (Å²) in [4.78, 5) is 0.165. The predicted molar refractivity (Wildman–Crippen MR) is 76.9 cm³/mol. The second kappa shape index (κ2) is 5.40. The number of benzene rings is 1. The Morgan fingerprint density at radius 3 is 2.72 bits per heavy atom. The zero-order valence-corrected chi connectivity index (χ0v) is 12.5. The van der Waals surface area contributed by atoms with Gasteiger partial charge in [-0.1, -0.05) is 0 Å². The van der Waals surface area contributed by atoms with E-state index in [2.05, 4.69) is 20.7 Å². The second-order valence-corrected chi connectivity index (χ2v) is 7.04. The van der Waals surface area contributed by atoms with Crippen LogP contribution in [0.25, 0.3) is 0 Å². The van der Waals surface area contributed by atoms with Crippen LogP contribution in [0, 0.1) is 0 Å². The molecular weight excluding hydrogens is 336 g/mol. The normalized spacial score (nSPS) is 11.6. The zero-order valence-electron chi connectivity index (χ0n) is 9.26. The molecule has 1 aromatic carbocycles. The van der Waals surface area contributed by atoms with Crippen molar-refractivity contribution in [3.63, 3.8) is 0 Å². The second-order valence-electron chi connectivity index (χ2n) is 3.64. The molecule has 1 aromatic heterocycles. The first-order chi connectivity index (χ1) is 8.49. The monoisotopic (exact) mass is 346 g/mol. The Kier molecular flexibility index (Phi) is 4.06. The predicted octanol–water partition coefficient (Wildman–Crippen LogP) is 2.57. The van der Waals surface area contributed by atoms with Gasteiger partial charge in [-0.2, -0.15) is 11.3 Å². The summed E-state index contributed by atoms with van der Waals surface area (Å²) in [7, 11) is -3.52. The van der Waals surface area contributed by atoms with E-state index < -0.39 is 10.0 Å². The Morgan fingerprint density at radius 2 is 2.11 bits per heavy atom. The minimum Gasteiger partial charge on any atom is -0.398 e. The molecule has 0 radical (unpaired) electrons. The minimum absolute atomic E-state index is 0.165. The van der Waals surface area contributed by atoms with Gasteiger partial charge >= 0.3 is 0 Å². The van der Waals surface area contributed by atoms with E-state index in [0.29, 0.717) is 10.2 Å². The summed E-state index contributed by atoms with van der Waals surface area (Å²) in [5, 5.41) is 3.81. The van der Waals surface area contributed by atoms with Crippen LogP contribution in [0.15, 0.2) is 44.4 Å². The van der Waals surface area contributed by atoms with Crippen LogP contribution in [0.1, 0.15) is 5.56 Å². The molecule has 0 aliphatic carbocycles. The molecule has 4 nitrogen and oxygen atoms in total. The Bertz CT molecular complexity index is 639. The molecular formula is C11H11BrN2O2S2. The highest BCUT2D eigenvalue weighted by molar-refractivity contribution is 9.10. The van der Waals surface area contributed by atoms with Crippen molar-refractivity contribution in [2.24, 2.45) is 0 Å². The number of thiophene rings is 1. The SMILES string of the molecule is Nc1cc(S(=O)(=O)NCc2ccsc2)ccc1Br. The van der Waals surface area contributed by atoms with Crippen LogP contribution in [0.3, 0.4) is 0 Å². The average molecular weight is 347 g/mol. The lowest BCUT2D eigenvalue weighted by Crippen LogP contribution is -2.23. The van der Waals surface area contributed by atoms with Crippen molar-refractivity contribution in [2.45, 2.75) is 11.4 Å². The van der Waals surface area contributed by atoms with Crippen molar-refractivity contribution in [3.05, 3.63) is 45.1 Å². The fourth-order valence-corrected chi connectivity index (χ4v) is 3.31. The van der Waals surface area contributed by atoms with Gasteiger partial charge in [0.05, 0.1) is 4.90 Å². The van der Waals surface area contributed by atoms with Gasteiger partial charge < -0.3 is 5.73 Å². The fraction of sp³-hybridized carbons (Fsp3) is 0.0909. The molecule has 0 spiro atoms. The summed E-state index contributed by atoms with van der Waals surface area (Å²) in [5.41, 5.74) is 7.01. The van der Waals surface area contributed by atoms with Gasteiger partial charge in [-0.15, -0.1) is 0 Å². The average Bonchev–Trinajstić information content (AvgIpc) is 2.83. The lowest BCUT2D eigenvalue weighted by atomic mass is 10.3. The maximum Gasteiger partial charge on any atom is 0.240 e. The zero-order chi connectivity index (χ0) is 13.2. The third-order valence-electron chi connectivity index (χ3n) is 2.32. The molecule has 0 aliphatic heterocycles. The van der Waals surface area contributed by atoms with Crippen LogP contribution in [0.5, 0.6) is 0 Å². The molecule has 1 heterocycles. The summed E-state index contributed by atoms with van der Waals surface area (Å²) >= 11 is 4.76. The first kappa shape index (κ1) is 13.5. The molecule has 0 bridgehead atoms. The first-order valence-corrected chi connectivity index (χ1v) is 8.27. The Morgan fingerprint density at radius 1 is 1.33 bits per heavy atom. The Balaban J connectivity index is 2.17. The van der Waals surface area contributed by atoms with Crippen molar-refractivity contribution in [1.29, 1.82) is 0 Å². The summed E-state index contributed by atoms with van der Waals surface area (Å²) < 4.78 is 27.2. The molecule has 0 aliphatic rings. The molecule has 0 saturated carbocycles. The Hall–Kier alpha value is -0.890. The van der Waals surface area contributed by atoms with Gasteiger partial charge in [-0.05, 0) is 56.5 Å². The molecule has 2 rings (SSSR count). The van der Waals surface area contributed by atoms with Gasteiger partial charge in [0, 0.05) is 16.7 Å². The maximum atomic E-state index is 12.0. The van der Waals surface area contributed by atoms with Crippen LogP contribution in [0.2, 0.25) is 0 Å². The number of rotatable bonds is 4. The highest BCUT2D eigenvalue weighted by atomic mass is 79.9. The largest absolute Gasteiger partial charge is 0.398 e. The summed E-state index contributed by atoms with van der Waals surface area (Å²) in [6.45, 7) is 0.280. The number of nitrogen functional groups attached to an aromatic ring is 1. The smallest absolute Gasteiger partial charge is 0.240 e. The molecule has 96 valence electrons. The standard InChI is InChI=1S/C11H11BrN2O2S2/c12-10-2-1-9(5-11(10)13)18(15,16)14-6-8-3-4-17-7-8/h1-5,7,14H,6,13H2. The molecule has 18 heavy (non-hydrogen) atoms. The van der Waals surface area contributed by atoms with E-state index in [4.69, 9.17) is 5.73 Å². The highest BCUT2D eigenvalue weighted by Crippen LogP contribution is 2.22. The number of halogens is 1. The van der Waals surface area contributed by atoms with Crippen molar-refractivity contribution >= 4 is 43.0 Å². The van der Waals surface area contributed by atoms with Crippen molar-refractivity contribution in [2.75, 3.05) is 5.73 Å². The van der Waals surface area contributed by atoms with E-state index in [1.54, 1.807) is 6.07 Å². The minimum atomic E-state index is -3.52. The van der Waals surface area contributed by atoms with Gasteiger partial charge in [0.15, 0.2) is 0 Å². The third-order valence-corrected chi connectivity index (χ3v) is 5.18. The molecule has 0 fully saturated rings. The van der Waals surface area contributed by atoms with Gasteiger partial charge in [0.2, 0.25) is 10.0 Å². The summed E-state index contributed by atoms with van der Waals surface area (Å²) in [6, 6.07) is 6.44. The number of hydrogen-bond donors (Lipinski definition) is 2. The Labute approximate surface area is 118 Å². The fourth-order valence-electron chi connectivity index (χ4n) is 1.34. The van der Waals surface area contributed by atoms with Crippen molar-refractivity contribution in [1.82, 2.24) is 4.72 Å². The number of nitrogens with one attached hydrogen (secondary N) is 1. The van der Waals surface area contributed by atoms with Crippen LogP contribution in [0.4, 0.5) is 5.69 Å². The topological polar surface area (TPSA) is 72.2 Å². The molecule has 0 saturated heterocycles. The molecule has 0 atom stereocenters. The number of sulfonamides is 1. The lowest BCUT2D eigenvalue weighted by Gasteiger charge is -2.07. The number of nitrogens with two attached hydrogens (primary N) is 1. The summed E-state index contributed by atoms with van der Waals surface area (Å²) in [5.74, 6) is 0. The van der Waals surface area contributed by atoms with E-state index in [0.717, 1.165) is 5.56 Å². The molecule has 0 amide bonds. The highest BCUT2D eigenvalue weighted by Gasteiger charge is 2.14. The van der Waals surface area contributed by atoms with Gasteiger partial charge in [0.25, 0.3) is 0 Å². The molecule has 7 heteroatoms. The van der Waals surface area contributed by atoms with Gasteiger partial charge in [-0.25, -0.2) is 13.1 Å². The van der Waals surface area contributed by atoms with E-state index in [9.17, 15) is 8.42 Å². The van der Waals surface area contributed by atoms with Crippen LogP contribution < -0.4 is 10.5 Å². The molecule has 3 N–H and O–H groups in total. The number of anilines is 1. The number of hydrogen-bond acceptors (Lipinski definition) is 4. The van der Waals surface area contributed by atoms with Crippen LogP contribution in [-0.2, 0) is 16.6 Å². The van der Waals surface area contributed by atoms with E-state index >= 15 is 0 Å². The van der Waals surface area contributed by atoms with Crippen LogP contribution >= 0.6 is 27.3 Å². The van der Waals surface area contributed by atoms with Gasteiger partial charge in [0.1, 0.15) is 0 Å². The van der Waals surface area contributed by atoms with Crippen molar-refractivity contribution < 1.29 is 8.42 Å². The van der Waals surface area contributed by atoms with E-state index in [-0.39, 0.29) is 11.4 Å².